The molecule has 1 unspecified atom stereocenters. The second-order valence-electron chi connectivity index (χ2n) is 6.30. The number of pyridine rings is 1. The molecule has 144 valence electrons. The van der Waals surface area contributed by atoms with E-state index in [1.807, 2.05) is 20.8 Å². The molecule has 1 aliphatic carbocycles. The van der Waals surface area contributed by atoms with Crippen LogP contribution in [-0.2, 0) is 6.54 Å². The number of carbonyl (C=O) groups is 1. The molecule has 0 bridgehead atoms. The first-order valence-electron chi connectivity index (χ1n) is 9.21. The van der Waals surface area contributed by atoms with Gasteiger partial charge in [0.1, 0.15) is 11.0 Å². The molecule has 0 fully saturated rings. The van der Waals surface area contributed by atoms with Crippen LogP contribution in [0.5, 0.6) is 0 Å². The van der Waals surface area contributed by atoms with Gasteiger partial charge < -0.3 is 10.2 Å². The lowest BCUT2D eigenvalue weighted by Gasteiger charge is -2.34. The average Bonchev–Trinajstić information content (AvgIpc) is 3.02. The smallest absolute Gasteiger partial charge is 0.312 e. The van der Waals surface area contributed by atoms with Crippen molar-refractivity contribution in [1.29, 1.82) is 0 Å². The van der Waals surface area contributed by atoms with Crippen molar-refractivity contribution >= 4 is 35.1 Å². The standard InChI is InChI=1S/C17H18FN5OS.C2H6/c1-10-16-15(23(21-10)25-18)8-13-14(19-16)9-22(17(24)20-13)11(2)12-6-4-3-5-7-12;1-2/h4,6-8,11H,3,5,9H2,1-2H3,(H,20,24);1-2H3. The number of urea groups is 1. The Kier molecular flexibility index (Phi) is 5.84. The van der Waals surface area contributed by atoms with Crippen molar-refractivity contribution in [3.8, 4) is 0 Å². The van der Waals surface area contributed by atoms with Crippen molar-refractivity contribution in [1.82, 2.24) is 19.1 Å². The lowest BCUT2D eigenvalue weighted by atomic mass is 9.99. The zero-order valence-electron chi connectivity index (χ0n) is 16.0. The van der Waals surface area contributed by atoms with Crippen LogP contribution in [0.3, 0.4) is 0 Å². The summed E-state index contributed by atoms with van der Waals surface area (Å²) < 4.78 is 14.2. The Morgan fingerprint density at radius 1 is 1.33 bits per heavy atom. The predicted octanol–water partition coefficient (Wildman–Crippen LogP) is 5.16. The molecule has 4 rings (SSSR count). The summed E-state index contributed by atoms with van der Waals surface area (Å²) in [4.78, 5) is 19.0. The van der Waals surface area contributed by atoms with Gasteiger partial charge in [-0.3, -0.25) is 0 Å². The summed E-state index contributed by atoms with van der Waals surface area (Å²) in [5, 5.41) is 7.01. The largest absolute Gasteiger partial charge is 0.322 e. The van der Waals surface area contributed by atoms with E-state index in [-0.39, 0.29) is 24.4 Å². The van der Waals surface area contributed by atoms with E-state index in [1.54, 1.807) is 17.9 Å². The van der Waals surface area contributed by atoms with Gasteiger partial charge in [0.25, 0.3) is 0 Å². The fraction of sp³-hybridized carbons (Fsp3) is 0.421. The van der Waals surface area contributed by atoms with Gasteiger partial charge in [-0.1, -0.05) is 32.1 Å². The Hall–Kier alpha value is -2.35. The highest BCUT2D eigenvalue weighted by Crippen LogP contribution is 2.31. The number of allylic oxidation sites excluding steroid dienone is 2. The molecule has 0 saturated heterocycles. The van der Waals surface area contributed by atoms with Gasteiger partial charge in [0, 0.05) is 0 Å². The van der Waals surface area contributed by atoms with E-state index < -0.39 is 0 Å². The zero-order chi connectivity index (χ0) is 19.6. The number of nitrogens with zero attached hydrogens (tertiary/aromatic N) is 4. The van der Waals surface area contributed by atoms with Crippen molar-refractivity contribution in [3.05, 3.63) is 41.3 Å². The highest BCUT2D eigenvalue weighted by atomic mass is 32.2. The minimum Gasteiger partial charge on any atom is -0.312 e. The molecule has 6 nitrogen and oxygen atoms in total. The predicted molar refractivity (Wildman–Crippen MR) is 108 cm³/mol. The number of hydrogen-bond acceptors (Lipinski definition) is 4. The van der Waals surface area contributed by atoms with E-state index in [4.69, 9.17) is 0 Å². The van der Waals surface area contributed by atoms with Gasteiger partial charge in [-0.05, 0) is 38.3 Å². The third kappa shape index (κ3) is 3.58. The van der Waals surface area contributed by atoms with Crippen molar-refractivity contribution in [2.75, 3.05) is 5.32 Å². The quantitative estimate of drug-likeness (QED) is 0.788. The molecule has 1 N–H and O–H groups in total. The number of nitrogens with one attached hydrogen (secondary N) is 1. The number of aromatic nitrogens is 3. The normalized spacial score (nSPS) is 17.0. The van der Waals surface area contributed by atoms with Crippen molar-refractivity contribution in [2.45, 2.75) is 53.1 Å². The molecular formula is C19H24FN5OS. The van der Waals surface area contributed by atoms with Crippen LogP contribution < -0.4 is 5.32 Å². The molecule has 3 heterocycles. The monoisotopic (exact) mass is 389 g/mol. The minimum atomic E-state index is -0.170. The fourth-order valence-corrected chi connectivity index (χ4v) is 3.69. The molecule has 0 spiro atoms. The van der Waals surface area contributed by atoms with Crippen LogP contribution in [0, 0.1) is 6.92 Å². The Morgan fingerprint density at radius 2 is 2.11 bits per heavy atom. The van der Waals surface area contributed by atoms with Crippen molar-refractivity contribution in [2.24, 2.45) is 0 Å². The van der Waals surface area contributed by atoms with Crippen LogP contribution in [0.4, 0.5) is 14.4 Å². The molecule has 2 aromatic heterocycles. The Bertz CT molecular complexity index is 920. The van der Waals surface area contributed by atoms with Crippen molar-refractivity contribution in [3.63, 3.8) is 0 Å². The molecule has 0 aromatic carbocycles. The van der Waals surface area contributed by atoms with Crippen LogP contribution in [0.25, 0.3) is 11.0 Å². The summed E-state index contributed by atoms with van der Waals surface area (Å²) >= 11 is 0.0222. The minimum absolute atomic E-state index is 0.0222. The zero-order valence-corrected chi connectivity index (χ0v) is 16.8. The highest BCUT2D eigenvalue weighted by molar-refractivity contribution is 7.92. The highest BCUT2D eigenvalue weighted by Gasteiger charge is 2.30. The Balaban J connectivity index is 0.00000102. The average molecular weight is 390 g/mol. The van der Waals surface area contributed by atoms with Gasteiger partial charge >= 0.3 is 6.03 Å². The van der Waals surface area contributed by atoms with E-state index in [2.05, 4.69) is 33.6 Å². The number of hydrogen-bond donors (Lipinski definition) is 1. The van der Waals surface area contributed by atoms with Gasteiger partial charge in [-0.25, -0.2) is 9.78 Å². The van der Waals surface area contributed by atoms with Crippen LogP contribution >= 0.6 is 12.3 Å². The van der Waals surface area contributed by atoms with Crippen molar-refractivity contribution < 1.29 is 8.68 Å². The first-order chi connectivity index (χ1) is 13.1. The van der Waals surface area contributed by atoms with Gasteiger partial charge in [-0.15, -0.1) is 3.89 Å². The summed E-state index contributed by atoms with van der Waals surface area (Å²) in [6.45, 7) is 8.23. The van der Waals surface area contributed by atoms with E-state index in [9.17, 15) is 8.68 Å². The summed E-state index contributed by atoms with van der Waals surface area (Å²) in [5.74, 6) is 0. The number of fused-ring (bicyclic) bond motifs is 2. The maximum absolute atomic E-state index is 13.0. The first-order valence-corrected chi connectivity index (χ1v) is 9.88. The topological polar surface area (TPSA) is 63.1 Å². The fourth-order valence-electron chi connectivity index (χ4n) is 3.33. The maximum Gasteiger partial charge on any atom is 0.322 e. The number of rotatable bonds is 3. The third-order valence-corrected chi connectivity index (χ3v) is 5.14. The molecule has 27 heavy (non-hydrogen) atoms. The molecule has 0 saturated carbocycles. The SMILES string of the molecule is CC.Cc1nn(SF)c2cc3c(nc12)CN(C(C)C1=CCCC=C1)C(=O)N3. The maximum atomic E-state index is 13.0. The van der Waals surface area contributed by atoms with Crippen LogP contribution in [0.2, 0.25) is 0 Å². The Morgan fingerprint density at radius 3 is 2.78 bits per heavy atom. The van der Waals surface area contributed by atoms with Crippen LogP contribution in [0.1, 0.15) is 45.0 Å². The summed E-state index contributed by atoms with van der Waals surface area (Å²) in [6, 6.07) is 1.54. The summed E-state index contributed by atoms with van der Waals surface area (Å²) in [5.41, 5.74) is 4.41. The molecular weight excluding hydrogens is 365 g/mol. The Labute approximate surface area is 162 Å². The summed E-state index contributed by atoms with van der Waals surface area (Å²) in [6.07, 6.45) is 8.44. The lowest BCUT2D eigenvalue weighted by Crippen LogP contribution is -2.45. The van der Waals surface area contributed by atoms with Gasteiger partial charge in [0.05, 0.1) is 29.7 Å². The van der Waals surface area contributed by atoms with Gasteiger partial charge in [0.2, 0.25) is 0 Å². The van der Waals surface area contributed by atoms with E-state index in [1.165, 1.54) is 4.09 Å². The molecule has 0 radical (unpaired) electrons. The summed E-state index contributed by atoms with van der Waals surface area (Å²) in [7, 11) is 0. The van der Waals surface area contributed by atoms with E-state index in [0.29, 0.717) is 29.0 Å². The third-order valence-electron chi connectivity index (χ3n) is 4.73. The second kappa shape index (κ2) is 8.12. The molecule has 2 amide bonds. The number of amides is 2. The second-order valence-corrected chi connectivity index (χ2v) is 6.78. The molecule has 1 atom stereocenters. The molecule has 8 heteroatoms. The first kappa shape index (κ1) is 19.4. The van der Waals surface area contributed by atoms with Crippen LogP contribution in [-0.4, -0.2) is 31.1 Å². The van der Waals surface area contributed by atoms with Crippen LogP contribution in [0.15, 0.2) is 29.9 Å². The molecule has 2 aromatic rings. The molecule has 1 aliphatic heterocycles. The molecule has 2 aliphatic rings. The number of anilines is 1. The lowest BCUT2D eigenvalue weighted by molar-refractivity contribution is 0.194. The van der Waals surface area contributed by atoms with Gasteiger partial charge in [-0.2, -0.15) is 9.19 Å². The van der Waals surface area contributed by atoms with Gasteiger partial charge in [0.15, 0.2) is 12.3 Å². The van der Waals surface area contributed by atoms with E-state index in [0.717, 1.165) is 24.1 Å². The number of halogens is 1. The number of aryl methyl sites for hydroxylation is 1. The number of carbonyl (C=O) groups excluding carboxylic acids is 1. The van der Waals surface area contributed by atoms with E-state index >= 15 is 0 Å².